The number of carbonyl (C=O) groups is 2. The van der Waals surface area contributed by atoms with E-state index in [0.717, 1.165) is 49.2 Å². The Labute approximate surface area is 177 Å². The molecule has 2 aliphatic carbocycles. The Bertz CT molecular complexity index is 1060. The number of benzene rings is 1. The van der Waals surface area contributed by atoms with Gasteiger partial charge in [-0.1, -0.05) is 20.8 Å². The summed E-state index contributed by atoms with van der Waals surface area (Å²) in [6.07, 6.45) is 3.96. The van der Waals surface area contributed by atoms with E-state index in [1.165, 1.54) is 0 Å². The number of carboxylic acids is 1. The third kappa shape index (κ3) is 3.03. The fourth-order valence-electron chi connectivity index (χ4n) is 6.51. The Hall–Kier alpha value is -2.37. The number of carboxylic acid groups (broad SMARTS) is 1. The van der Waals surface area contributed by atoms with Crippen LogP contribution in [0.3, 0.4) is 0 Å². The monoisotopic (exact) mass is 409 g/mol. The minimum Gasteiger partial charge on any atom is -0.481 e. The molecule has 3 aliphatic rings. The second kappa shape index (κ2) is 6.32. The number of aryl methyl sites for hydroxylation is 1. The van der Waals surface area contributed by atoms with Gasteiger partial charge < -0.3 is 14.6 Å². The summed E-state index contributed by atoms with van der Waals surface area (Å²) >= 11 is 0. The molecule has 0 spiro atoms. The van der Waals surface area contributed by atoms with E-state index in [1.807, 2.05) is 18.2 Å². The van der Waals surface area contributed by atoms with Gasteiger partial charge in [0.25, 0.3) is 5.91 Å². The van der Waals surface area contributed by atoms with Crippen LogP contribution in [-0.2, 0) is 11.3 Å². The summed E-state index contributed by atoms with van der Waals surface area (Å²) in [5, 5.41) is 9.31. The molecule has 2 bridgehead atoms. The average molecular weight is 410 g/mol. The van der Waals surface area contributed by atoms with Gasteiger partial charge in [0.15, 0.2) is 0 Å². The van der Waals surface area contributed by atoms with Gasteiger partial charge in [0, 0.05) is 30.6 Å². The van der Waals surface area contributed by atoms with Crippen LogP contribution in [0.25, 0.3) is 11.0 Å². The maximum Gasteiger partial charge on any atom is 0.307 e. The highest BCUT2D eigenvalue weighted by molar-refractivity contribution is 5.98. The largest absolute Gasteiger partial charge is 0.481 e. The van der Waals surface area contributed by atoms with Crippen molar-refractivity contribution in [2.24, 2.45) is 16.7 Å². The number of imidazole rings is 1. The number of rotatable bonds is 4. The molecule has 1 aromatic heterocycles. The summed E-state index contributed by atoms with van der Waals surface area (Å²) in [5.74, 6) is -0.154. The van der Waals surface area contributed by atoms with E-state index in [4.69, 9.17) is 4.98 Å². The maximum atomic E-state index is 13.4. The average Bonchev–Trinajstić information content (AvgIpc) is 3.31. The van der Waals surface area contributed by atoms with Gasteiger partial charge in [-0.2, -0.15) is 0 Å². The van der Waals surface area contributed by atoms with Crippen molar-refractivity contribution in [2.45, 2.75) is 71.9 Å². The molecule has 6 heteroatoms. The van der Waals surface area contributed by atoms with Gasteiger partial charge in [-0.05, 0) is 61.6 Å². The molecule has 160 valence electrons. The molecular weight excluding hydrogens is 378 g/mol. The number of hydrogen-bond donors (Lipinski definition) is 1. The first-order valence-corrected chi connectivity index (χ1v) is 11.1. The lowest BCUT2D eigenvalue weighted by Gasteiger charge is -2.39. The second-order valence-electron chi connectivity index (χ2n) is 10.9. The van der Waals surface area contributed by atoms with Gasteiger partial charge in [0.2, 0.25) is 0 Å². The summed E-state index contributed by atoms with van der Waals surface area (Å²) in [5.41, 5.74) is 2.95. The van der Waals surface area contributed by atoms with Crippen molar-refractivity contribution in [1.82, 2.24) is 14.5 Å². The molecule has 4 atom stereocenters. The van der Waals surface area contributed by atoms with Crippen LogP contribution in [0.5, 0.6) is 0 Å². The molecule has 6 nitrogen and oxygen atoms in total. The summed E-state index contributed by atoms with van der Waals surface area (Å²) < 4.78 is 2.10. The van der Waals surface area contributed by atoms with Gasteiger partial charge >= 0.3 is 5.97 Å². The first-order chi connectivity index (χ1) is 14.1. The molecule has 2 saturated carbocycles. The fraction of sp³-hybridized carbons (Fsp3) is 0.625. The van der Waals surface area contributed by atoms with E-state index in [2.05, 4.69) is 37.2 Å². The Kier molecular flexibility index (Phi) is 4.12. The van der Waals surface area contributed by atoms with Crippen LogP contribution in [0, 0.1) is 16.7 Å². The van der Waals surface area contributed by atoms with E-state index < -0.39 is 5.97 Å². The third-order valence-corrected chi connectivity index (χ3v) is 7.46. The van der Waals surface area contributed by atoms with Gasteiger partial charge in [-0.15, -0.1) is 0 Å². The van der Waals surface area contributed by atoms with Gasteiger partial charge in [0.1, 0.15) is 5.82 Å². The maximum absolute atomic E-state index is 13.4. The molecule has 2 heterocycles. The number of aromatic nitrogens is 2. The highest BCUT2D eigenvalue weighted by Gasteiger charge is 2.51. The molecule has 1 saturated heterocycles. The van der Waals surface area contributed by atoms with Crippen molar-refractivity contribution in [2.75, 3.05) is 6.54 Å². The number of fused-ring (bicyclic) bond motifs is 3. The van der Waals surface area contributed by atoms with Crippen molar-refractivity contribution in [1.29, 1.82) is 0 Å². The Morgan fingerprint density at radius 3 is 2.67 bits per heavy atom. The van der Waals surface area contributed by atoms with Crippen LogP contribution >= 0.6 is 0 Å². The summed E-state index contributed by atoms with van der Waals surface area (Å²) in [7, 11) is 0. The smallest absolute Gasteiger partial charge is 0.307 e. The number of amides is 1. The number of likely N-dealkylation sites (tertiary alicyclic amines) is 1. The molecule has 30 heavy (non-hydrogen) atoms. The predicted molar refractivity (Wildman–Crippen MR) is 114 cm³/mol. The third-order valence-electron chi connectivity index (χ3n) is 7.46. The number of hydrogen-bond acceptors (Lipinski definition) is 3. The van der Waals surface area contributed by atoms with Crippen LogP contribution in [0.15, 0.2) is 18.2 Å². The van der Waals surface area contributed by atoms with Crippen molar-refractivity contribution in [3.05, 3.63) is 29.6 Å². The Balaban J connectivity index is 1.46. The topological polar surface area (TPSA) is 75.4 Å². The lowest BCUT2D eigenvalue weighted by Crippen LogP contribution is -2.37. The summed E-state index contributed by atoms with van der Waals surface area (Å²) in [4.78, 5) is 31.6. The lowest BCUT2D eigenvalue weighted by atomic mass is 9.65. The van der Waals surface area contributed by atoms with E-state index in [1.54, 1.807) is 0 Å². The van der Waals surface area contributed by atoms with Gasteiger partial charge in [-0.3, -0.25) is 9.59 Å². The van der Waals surface area contributed by atoms with E-state index in [0.29, 0.717) is 18.0 Å². The normalized spacial score (nSPS) is 31.9. The molecule has 3 fully saturated rings. The lowest BCUT2D eigenvalue weighted by molar-refractivity contribution is -0.138. The van der Waals surface area contributed by atoms with Crippen LogP contribution in [0.2, 0.25) is 0 Å². The van der Waals surface area contributed by atoms with E-state index in [9.17, 15) is 14.7 Å². The first kappa shape index (κ1) is 19.6. The Morgan fingerprint density at radius 1 is 1.23 bits per heavy atom. The standard InChI is InChI=1S/C24H31N3O3/c1-5-26-19-7-6-14(8-18(19)25-20(26)16-9-17(16)22(29)30)21(28)27-13-24(4)11-15(27)10-23(2,3)12-24/h6-8,15-17H,5,9-13H2,1-4H3,(H,29,30). The van der Waals surface area contributed by atoms with Gasteiger partial charge in [-0.25, -0.2) is 4.98 Å². The van der Waals surface area contributed by atoms with E-state index >= 15 is 0 Å². The minimum atomic E-state index is -0.748. The van der Waals surface area contributed by atoms with Crippen molar-refractivity contribution in [3.8, 4) is 0 Å². The zero-order chi connectivity index (χ0) is 21.4. The second-order valence-corrected chi connectivity index (χ2v) is 10.9. The molecule has 1 N–H and O–H groups in total. The minimum absolute atomic E-state index is 0.0194. The molecule has 1 aromatic carbocycles. The molecule has 0 radical (unpaired) electrons. The molecule has 1 amide bonds. The Morgan fingerprint density at radius 2 is 2.00 bits per heavy atom. The number of carbonyl (C=O) groups excluding carboxylic acids is 1. The zero-order valence-corrected chi connectivity index (χ0v) is 18.3. The van der Waals surface area contributed by atoms with Gasteiger partial charge in [0.05, 0.1) is 17.0 Å². The molecule has 5 rings (SSSR count). The number of nitrogens with zero attached hydrogens (tertiary/aromatic N) is 3. The summed E-state index contributed by atoms with van der Waals surface area (Å²) in [6, 6.07) is 6.11. The highest BCUT2D eigenvalue weighted by atomic mass is 16.4. The molecule has 1 aliphatic heterocycles. The van der Waals surface area contributed by atoms with Crippen molar-refractivity contribution < 1.29 is 14.7 Å². The van der Waals surface area contributed by atoms with Crippen LogP contribution in [0.1, 0.15) is 75.5 Å². The predicted octanol–water partition coefficient (Wildman–Crippen LogP) is 4.29. The van der Waals surface area contributed by atoms with Crippen molar-refractivity contribution >= 4 is 22.9 Å². The molecule has 4 unspecified atom stereocenters. The summed E-state index contributed by atoms with van der Waals surface area (Å²) in [6.45, 7) is 10.6. The molecule has 2 aromatic rings. The van der Waals surface area contributed by atoms with Crippen molar-refractivity contribution in [3.63, 3.8) is 0 Å². The SMILES string of the molecule is CCn1c(C2CC2C(=O)O)nc2cc(C(=O)N3CC4(C)CC3CC(C)(C)C4)ccc21. The quantitative estimate of drug-likeness (QED) is 0.818. The fourth-order valence-corrected chi connectivity index (χ4v) is 6.51. The highest BCUT2D eigenvalue weighted by Crippen LogP contribution is 2.53. The zero-order valence-electron chi connectivity index (χ0n) is 18.3. The van der Waals surface area contributed by atoms with Crippen LogP contribution in [0.4, 0.5) is 0 Å². The van der Waals surface area contributed by atoms with Crippen LogP contribution in [-0.4, -0.2) is 44.0 Å². The first-order valence-electron chi connectivity index (χ1n) is 11.1. The molecular formula is C24H31N3O3. The number of aliphatic carboxylic acids is 1. The van der Waals surface area contributed by atoms with Crippen LogP contribution < -0.4 is 0 Å². The van der Waals surface area contributed by atoms with E-state index in [-0.39, 0.29) is 28.6 Å².